The van der Waals surface area contributed by atoms with Crippen LogP contribution in [0.15, 0.2) is 78.9 Å². The first-order chi connectivity index (χ1) is 12.9. The number of halogens is 3. The summed E-state index contributed by atoms with van der Waals surface area (Å²) < 4.78 is 40.5. The molecule has 27 heavy (non-hydrogen) atoms. The van der Waals surface area contributed by atoms with E-state index in [2.05, 4.69) is 10.1 Å². The van der Waals surface area contributed by atoms with Gasteiger partial charge in [0.1, 0.15) is 5.75 Å². The third-order valence-corrected chi connectivity index (χ3v) is 4.08. The van der Waals surface area contributed by atoms with Crippen molar-refractivity contribution in [2.45, 2.75) is 18.9 Å². The number of nitrogens with one attached hydrogen (secondary N) is 1. The highest BCUT2D eigenvalue weighted by molar-refractivity contribution is 5.47. The maximum absolute atomic E-state index is 12.2. The van der Waals surface area contributed by atoms with Crippen molar-refractivity contribution in [3.8, 4) is 5.75 Å². The van der Waals surface area contributed by atoms with Crippen molar-refractivity contribution in [3.05, 3.63) is 95.6 Å². The number of nitrogens with two attached hydrogens (primary N) is 1. The van der Waals surface area contributed by atoms with Crippen LogP contribution >= 0.6 is 0 Å². The molecule has 3 nitrogen and oxygen atoms in total. The Morgan fingerprint density at radius 3 is 1.93 bits per heavy atom. The first kappa shape index (κ1) is 18.8. The van der Waals surface area contributed by atoms with Crippen molar-refractivity contribution >= 4 is 5.69 Å². The number of benzene rings is 3. The fourth-order valence-corrected chi connectivity index (χ4v) is 2.68. The highest BCUT2D eigenvalue weighted by atomic mass is 19.4. The van der Waals surface area contributed by atoms with Crippen LogP contribution in [-0.4, -0.2) is 6.36 Å². The zero-order valence-electron chi connectivity index (χ0n) is 14.4. The van der Waals surface area contributed by atoms with E-state index >= 15 is 0 Å². The first-order valence-corrected chi connectivity index (χ1v) is 8.40. The van der Waals surface area contributed by atoms with Gasteiger partial charge in [0.05, 0.1) is 6.04 Å². The van der Waals surface area contributed by atoms with Crippen LogP contribution in [0.25, 0.3) is 0 Å². The van der Waals surface area contributed by atoms with E-state index in [0.717, 1.165) is 11.3 Å². The molecule has 0 aliphatic carbocycles. The fourth-order valence-electron chi connectivity index (χ4n) is 2.68. The highest BCUT2D eigenvalue weighted by Crippen LogP contribution is 2.26. The molecule has 0 aliphatic rings. The second-order valence-corrected chi connectivity index (χ2v) is 6.06. The number of hydrogen-bond acceptors (Lipinski definition) is 3. The Bertz CT molecular complexity index is 847. The van der Waals surface area contributed by atoms with E-state index in [9.17, 15) is 13.2 Å². The summed E-state index contributed by atoms with van der Waals surface area (Å²) in [6.45, 7) is 0.715. The summed E-state index contributed by atoms with van der Waals surface area (Å²) in [6.07, 6.45) is -4.70. The predicted molar refractivity (Wildman–Crippen MR) is 99.4 cm³/mol. The largest absolute Gasteiger partial charge is 0.573 e. The van der Waals surface area contributed by atoms with Crippen molar-refractivity contribution < 1.29 is 17.9 Å². The molecule has 0 aliphatic heterocycles. The Labute approximate surface area is 155 Å². The third-order valence-electron chi connectivity index (χ3n) is 4.08. The Balaban J connectivity index is 1.62. The van der Waals surface area contributed by atoms with E-state index in [4.69, 9.17) is 5.73 Å². The normalized spacial score (nSPS) is 12.4. The Kier molecular flexibility index (Phi) is 5.66. The van der Waals surface area contributed by atoms with Crippen molar-refractivity contribution in [2.24, 2.45) is 5.73 Å². The molecular weight excluding hydrogens is 353 g/mol. The van der Waals surface area contributed by atoms with Crippen molar-refractivity contribution in [1.29, 1.82) is 0 Å². The fraction of sp³-hybridized carbons (Fsp3) is 0.143. The van der Waals surface area contributed by atoms with Crippen LogP contribution in [0.1, 0.15) is 22.7 Å². The maximum Gasteiger partial charge on any atom is 0.573 e. The molecule has 0 amide bonds. The number of ether oxygens (including phenoxy) is 1. The van der Waals surface area contributed by atoms with Crippen molar-refractivity contribution in [3.63, 3.8) is 0 Å². The Morgan fingerprint density at radius 1 is 0.815 bits per heavy atom. The van der Waals surface area contributed by atoms with Crippen LogP contribution in [0, 0.1) is 0 Å². The molecule has 3 N–H and O–H groups in total. The van der Waals surface area contributed by atoms with Crippen molar-refractivity contribution in [2.75, 3.05) is 5.32 Å². The number of hydrogen-bond donors (Lipinski definition) is 2. The second-order valence-electron chi connectivity index (χ2n) is 6.06. The highest BCUT2D eigenvalue weighted by Gasteiger charge is 2.31. The van der Waals surface area contributed by atoms with Gasteiger partial charge < -0.3 is 15.8 Å². The van der Waals surface area contributed by atoms with E-state index in [-0.39, 0.29) is 5.75 Å². The Morgan fingerprint density at radius 2 is 1.37 bits per heavy atom. The Hall–Kier alpha value is -2.99. The smallest absolute Gasteiger partial charge is 0.406 e. The lowest BCUT2D eigenvalue weighted by Crippen LogP contribution is -2.17. The molecule has 0 spiro atoms. The lowest BCUT2D eigenvalue weighted by molar-refractivity contribution is -0.274. The van der Waals surface area contributed by atoms with Crippen LogP contribution < -0.4 is 15.8 Å². The molecule has 3 aromatic carbocycles. The minimum absolute atomic E-state index is 0.265. The van der Waals surface area contributed by atoms with Gasteiger partial charge in [-0.2, -0.15) is 0 Å². The zero-order valence-corrected chi connectivity index (χ0v) is 14.4. The summed E-state index contributed by atoms with van der Waals surface area (Å²) in [5, 5.41) is 3.33. The van der Waals surface area contributed by atoms with Gasteiger partial charge in [0.25, 0.3) is 0 Å². The molecule has 0 saturated heterocycles. The maximum atomic E-state index is 12.2. The minimum atomic E-state index is -4.70. The van der Waals surface area contributed by atoms with Crippen LogP contribution in [-0.2, 0) is 6.54 Å². The summed E-state index contributed by atoms with van der Waals surface area (Å²) in [7, 11) is 0. The number of alkyl halides is 3. The first-order valence-electron chi connectivity index (χ1n) is 8.40. The van der Waals surface area contributed by atoms with Crippen LogP contribution in [0.3, 0.4) is 0 Å². The summed E-state index contributed by atoms with van der Waals surface area (Å²) in [6, 6.07) is 22.9. The summed E-state index contributed by atoms with van der Waals surface area (Å²) in [4.78, 5) is 0. The summed E-state index contributed by atoms with van der Waals surface area (Å²) >= 11 is 0. The SMILES string of the molecule is N[C@@H](c1ccc(NCc2ccccc2)cc1)c1ccc(OC(F)(F)F)cc1. The van der Waals surface area contributed by atoms with Crippen LogP contribution in [0.5, 0.6) is 5.75 Å². The monoisotopic (exact) mass is 372 g/mol. The van der Waals surface area contributed by atoms with Gasteiger partial charge in [0.2, 0.25) is 0 Å². The molecular formula is C21H19F3N2O. The van der Waals surface area contributed by atoms with Crippen LogP contribution in [0.2, 0.25) is 0 Å². The van der Waals surface area contributed by atoms with Gasteiger partial charge in [-0.15, -0.1) is 13.2 Å². The number of rotatable bonds is 6. The molecule has 0 fully saturated rings. The molecule has 3 rings (SSSR count). The lowest BCUT2D eigenvalue weighted by atomic mass is 9.99. The van der Waals surface area contributed by atoms with E-state index in [1.807, 2.05) is 54.6 Å². The van der Waals surface area contributed by atoms with Crippen LogP contribution in [0.4, 0.5) is 18.9 Å². The second kappa shape index (κ2) is 8.14. The molecule has 0 aromatic heterocycles. The van der Waals surface area contributed by atoms with Gasteiger partial charge in [0.15, 0.2) is 0 Å². The molecule has 0 bridgehead atoms. The quantitative estimate of drug-likeness (QED) is 0.622. The van der Waals surface area contributed by atoms with Gasteiger partial charge in [-0.1, -0.05) is 54.6 Å². The van der Waals surface area contributed by atoms with Crippen molar-refractivity contribution in [1.82, 2.24) is 0 Å². The van der Waals surface area contributed by atoms with E-state index in [0.29, 0.717) is 12.1 Å². The molecule has 0 unspecified atom stereocenters. The van der Waals surface area contributed by atoms with Gasteiger partial charge in [-0.3, -0.25) is 0 Å². The topological polar surface area (TPSA) is 47.3 Å². The van der Waals surface area contributed by atoms with Gasteiger partial charge >= 0.3 is 6.36 Å². The standard InChI is InChI=1S/C21H19F3N2O/c22-21(23,24)27-19-12-8-17(9-13-19)20(25)16-6-10-18(11-7-16)26-14-15-4-2-1-3-5-15/h1-13,20,26H,14,25H2/t20-/m0/s1. The van der Waals surface area contributed by atoms with Gasteiger partial charge in [-0.05, 0) is 41.0 Å². The minimum Gasteiger partial charge on any atom is -0.406 e. The predicted octanol–water partition coefficient (Wildman–Crippen LogP) is 5.25. The molecule has 6 heteroatoms. The van der Waals surface area contributed by atoms with E-state index < -0.39 is 12.4 Å². The zero-order chi connectivity index (χ0) is 19.3. The third kappa shape index (κ3) is 5.49. The molecule has 0 radical (unpaired) electrons. The average molecular weight is 372 g/mol. The van der Waals surface area contributed by atoms with E-state index in [1.54, 1.807) is 0 Å². The van der Waals surface area contributed by atoms with Gasteiger partial charge in [0, 0.05) is 12.2 Å². The molecule has 0 saturated carbocycles. The van der Waals surface area contributed by atoms with E-state index in [1.165, 1.54) is 29.8 Å². The molecule has 1 atom stereocenters. The molecule has 140 valence electrons. The summed E-state index contributed by atoms with van der Waals surface area (Å²) in [5.41, 5.74) is 9.94. The number of anilines is 1. The summed E-state index contributed by atoms with van der Waals surface area (Å²) in [5.74, 6) is -0.265. The lowest BCUT2D eigenvalue weighted by Gasteiger charge is -2.15. The average Bonchev–Trinajstić information content (AvgIpc) is 2.66. The molecule has 0 heterocycles. The van der Waals surface area contributed by atoms with Gasteiger partial charge in [-0.25, -0.2) is 0 Å². The molecule has 3 aromatic rings.